The molecule has 0 fully saturated rings. The van der Waals surface area contributed by atoms with Gasteiger partial charge in [-0.15, -0.1) is 0 Å². The lowest BCUT2D eigenvalue weighted by molar-refractivity contribution is -0.229. The molecule has 0 heterocycles. The van der Waals surface area contributed by atoms with Gasteiger partial charge < -0.3 is 19.7 Å². The zero-order valence-corrected chi connectivity index (χ0v) is 10.6. The molecule has 0 saturated heterocycles. The Labute approximate surface area is 92.2 Å². The molecule has 0 amide bonds. The van der Waals surface area contributed by atoms with Crippen LogP contribution in [0.5, 0.6) is 0 Å². The Kier molecular flexibility index (Phi) is 5.20. The van der Waals surface area contributed by atoms with Crippen LogP contribution >= 0.6 is 0 Å². The lowest BCUT2D eigenvalue weighted by atomic mass is 10.2. The minimum absolute atomic E-state index is 0.0501. The molecule has 4 heteroatoms. The van der Waals surface area contributed by atoms with Crippen LogP contribution in [0.1, 0.15) is 48.0 Å². The van der Waals surface area contributed by atoms with Crippen molar-refractivity contribution in [2.24, 2.45) is 0 Å². The van der Waals surface area contributed by atoms with Crippen molar-refractivity contribution in [3.63, 3.8) is 0 Å². The van der Waals surface area contributed by atoms with Crippen molar-refractivity contribution in [2.45, 2.75) is 71.7 Å². The van der Waals surface area contributed by atoms with E-state index >= 15 is 0 Å². The first kappa shape index (κ1) is 14.8. The molecule has 92 valence electrons. The van der Waals surface area contributed by atoms with Gasteiger partial charge in [0.25, 0.3) is 0 Å². The molecule has 0 radical (unpaired) electrons. The van der Waals surface area contributed by atoms with Crippen LogP contribution in [0.25, 0.3) is 0 Å². The number of aliphatic hydroxyl groups excluding tert-OH is 2. The maximum Gasteiger partial charge on any atom is 0.160 e. The minimum atomic E-state index is -1.01. The number of hydrogen-bond donors (Lipinski definition) is 2. The van der Waals surface area contributed by atoms with Crippen molar-refractivity contribution >= 4 is 0 Å². The lowest BCUT2D eigenvalue weighted by Crippen LogP contribution is -2.34. The Balaban J connectivity index is 3.92. The molecule has 0 rings (SSSR count). The lowest BCUT2D eigenvalue weighted by Gasteiger charge is -2.28. The van der Waals surface area contributed by atoms with E-state index in [-0.39, 0.29) is 6.42 Å². The second-order valence-corrected chi connectivity index (χ2v) is 5.61. The summed E-state index contributed by atoms with van der Waals surface area (Å²) >= 11 is 0. The summed E-state index contributed by atoms with van der Waals surface area (Å²) in [6.45, 7) is 11.0. The van der Waals surface area contributed by atoms with Crippen LogP contribution in [0.4, 0.5) is 0 Å². The predicted molar refractivity (Wildman–Crippen MR) is 58.3 cm³/mol. The number of aliphatic hydroxyl groups is 2. The largest absolute Gasteiger partial charge is 0.368 e. The first-order valence-corrected chi connectivity index (χ1v) is 5.21. The molecule has 0 aromatic heterocycles. The van der Waals surface area contributed by atoms with Gasteiger partial charge in [-0.05, 0) is 41.5 Å². The van der Waals surface area contributed by atoms with Crippen LogP contribution in [0, 0.1) is 0 Å². The molecule has 0 aromatic rings. The van der Waals surface area contributed by atoms with Crippen molar-refractivity contribution in [1.82, 2.24) is 0 Å². The van der Waals surface area contributed by atoms with E-state index in [1.165, 1.54) is 0 Å². The zero-order valence-electron chi connectivity index (χ0n) is 10.6. The van der Waals surface area contributed by atoms with Crippen LogP contribution in [-0.4, -0.2) is 34.0 Å². The topological polar surface area (TPSA) is 58.9 Å². The van der Waals surface area contributed by atoms with Gasteiger partial charge in [-0.1, -0.05) is 0 Å². The van der Waals surface area contributed by atoms with Gasteiger partial charge in [-0.3, -0.25) is 0 Å². The summed E-state index contributed by atoms with van der Waals surface area (Å²) in [5, 5.41) is 19.0. The second-order valence-electron chi connectivity index (χ2n) is 5.61. The van der Waals surface area contributed by atoms with Crippen LogP contribution in [0.15, 0.2) is 0 Å². The van der Waals surface area contributed by atoms with Gasteiger partial charge in [-0.25, -0.2) is 0 Å². The molecule has 0 aromatic carbocycles. The molecule has 0 aliphatic heterocycles. The maximum atomic E-state index is 9.49. The van der Waals surface area contributed by atoms with Crippen molar-refractivity contribution < 1.29 is 19.7 Å². The summed E-state index contributed by atoms with van der Waals surface area (Å²) < 4.78 is 10.5. The second kappa shape index (κ2) is 5.25. The Morgan fingerprint density at radius 1 is 0.800 bits per heavy atom. The molecular formula is C11H24O4. The highest BCUT2D eigenvalue weighted by molar-refractivity contribution is 4.63. The van der Waals surface area contributed by atoms with E-state index in [4.69, 9.17) is 9.47 Å². The predicted octanol–water partition coefficient (Wildman–Crippen LogP) is 1.64. The molecule has 0 aliphatic rings. The standard InChI is InChI=1S/C11H24O4/c1-10(2,3)14-8(12)7-9(13)15-11(4,5)6/h8-9,12-13H,7H2,1-6H3. The quantitative estimate of drug-likeness (QED) is 0.707. The molecule has 4 nitrogen and oxygen atoms in total. The van der Waals surface area contributed by atoms with Gasteiger partial charge in [0.05, 0.1) is 11.2 Å². The molecule has 2 atom stereocenters. The number of rotatable bonds is 4. The maximum absolute atomic E-state index is 9.49. The Morgan fingerprint density at radius 2 is 1.07 bits per heavy atom. The SMILES string of the molecule is CC(C)(C)OC(O)CC(O)OC(C)(C)C. The molecule has 0 saturated carbocycles. The molecule has 2 N–H and O–H groups in total. The Morgan fingerprint density at radius 3 is 1.27 bits per heavy atom. The third kappa shape index (κ3) is 10.1. The fraction of sp³-hybridized carbons (Fsp3) is 1.00. The van der Waals surface area contributed by atoms with Crippen LogP contribution < -0.4 is 0 Å². The number of ether oxygens (including phenoxy) is 2. The van der Waals surface area contributed by atoms with Crippen molar-refractivity contribution in [3.8, 4) is 0 Å². The van der Waals surface area contributed by atoms with Gasteiger partial charge in [0.2, 0.25) is 0 Å². The van der Waals surface area contributed by atoms with Crippen LogP contribution in [0.2, 0.25) is 0 Å². The smallest absolute Gasteiger partial charge is 0.160 e. The summed E-state index contributed by atoms with van der Waals surface area (Å²) in [5.41, 5.74) is -0.859. The van der Waals surface area contributed by atoms with Crippen LogP contribution in [0.3, 0.4) is 0 Å². The van der Waals surface area contributed by atoms with E-state index in [0.29, 0.717) is 0 Å². The fourth-order valence-electron chi connectivity index (χ4n) is 1.08. The molecule has 15 heavy (non-hydrogen) atoms. The first-order valence-electron chi connectivity index (χ1n) is 5.21. The molecule has 0 bridgehead atoms. The first-order chi connectivity index (χ1) is 6.49. The molecule has 0 spiro atoms. The third-order valence-electron chi connectivity index (χ3n) is 1.38. The average Bonchev–Trinajstić information content (AvgIpc) is 1.73. The van der Waals surface area contributed by atoms with E-state index in [1.54, 1.807) is 0 Å². The van der Waals surface area contributed by atoms with Crippen molar-refractivity contribution in [1.29, 1.82) is 0 Å². The summed E-state index contributed by atoms with van der Waals surface area (Å²) in [7, 11) is 0. The van der Waals surface area contributed by atoms with Crippen molar-refractivity contribution in [3.05, 3.63) is 0 Å². The highest BCUT2D eigenvalue weighted by Gasteiger charge is 2.22. The van der Waals surface area contributed by atoms with Gasteiger partial charge in [0.15, 0.2) is 12.6 Å². The summed E-state index contributed by atoms with van der Waals surface area (Å²) in [4.78, 5) is 0. The third-order valence-corrected chi connectivity index (χ3v) is 1.38. The minimum Gasteiger partial charge on any atom is -0.368 e. The number of hydrogen-bond acceptors (Lipinski definition) is 4. The monoisotopic (exact) mass is 220 g/mol. The highest BCUT2D eigenvalue weighted by Crippen LogP contribution is 2.16. The average molecular weight is 220 g/mol. The van der Waals surface area contributed by atoms with E-state index in [9.17, 15) is 10.2 Å². The summed E-state index contributed by atoms with van der Waals surface area (Å²) in [5.74, 6) is 0. The van der Waals surface area contributed by atoms with E-state index in [0.717, 1.165) is 0 Å². The van der Waals surface area contributed by atoms with E-state index < -0.39 is 23.8 Å². The molecule has 2 unspecified atom stereocenters. The van der Waals surface area contributed by atoms with Crippen molar-refractivity contribution in [2.75, 3.05) is 0 Å². The van der Waals surface area contributed by atoms with Gasteiger partial charge in [0, 0.05) is 6.42 Å². The van der Waals surface area contributed by atoms with E-state index in [2.05, 4.69) is 0 Å². The highest BCUT2D eigenvalue weighted by atomic mass is 16.6. The van der Waals surface area contributed by atoms with Crippen LogP contribution in [-0.2, 0) is 9.47 Å². The summed E-state index contributed by atoms with van der Waals surface area (Å²) in [6.07, 6.45) is -1.97. The van der Waals surface area contributed by atoms with Gasteiger partial charge in [0.1, 0.15) is 0 Å². The normalized spacial score (nSPS) is 17.6. The molecule has 0 aliphatic carbocycles. The summed E-state index contributed by atoms with van der Waals surface area (Å²) in [6, 6.07) is 0. The van der Waals surface area contributed by atoms with Gasteiger partial charge >= 0.3 is 0 Å². The Bertz CT molecular complexity index is 158. The fourth-order valence-corrected chi connectivity index (χ4v) is 1.08. The zero-order chi connectivity index (χ0) is 12.3. The molecular weight excluding hydrogens is 196 g/mol. The van der Waals surface area contributed by atoms with Gasteiger partial charge in [-0.2, -0.15) is 0 Å². The van der Waals surface area contributed by atoms with E-state index in [1.807, 2.05) is 41.5 Å². The Hall–Kier alpha value is -0.160.